The number of hydrogen-bond donors (Lipinski definition) is 1. The van der Waals surface area contributed by atoms with Crippen LogP contribution in [0.2, 0.25) is 0 Å². The molecule has 2 N–H and O–H groups in total. The van der Waals surface area contributed by atoms with Gasteiger partial charge < -0.3 is 10.6 Å². The third kappa shape index (κ3) is 2.41. The Bertz CT molecular complexity index is 611. The van der Waals surface area contributed by atoms with Crippen molar-refractivity contribution in [2.45, 2.75) is 12.5 Å². The molecule has 2 aromatic rings. The van der Waals surface area contributed by atoms with Gasteiger partial charge in [-0.05, 0) is 24.6 Å². The van der Waals surface area contributed by atoms with Gasteiger partial charge in [-0.15, -0.1) is 17.5 Å². The van der Waals surface area contributed by atoms with Crippen LogP contribution in [0.25, 0.3) is 11.0 Å². The van der Waals surface area contributed by atoms with E-state index in [1.165, 1.54) is 0 Å². The number of rotatable bonds is 1. The molecule has 1 atom stereocenters. The molecule has 0 unspecified atom stereocenters. The van der Waals surface area contributed by atoms with Crippen molar-refractivity contribution in [2.75, 3.05) is 13.1 Å². The van der Waals surface area contributed by atoms with Crippen LogP contribution in [0.15, 0.2) is 18.2 Å². The highest BCUT2D eigenvalue weighted by Gasteiger charge is 2.24. The summed E-state index contributed by atoms with van der Waals surface area (Å²) in [6.07, 6.45) is 0.874. The quantitative estimate of drug-likeness (QED) is 0.829. The molecule has 6 nitrogen and oxygen atoms in total. The summed E-state index contributed by atoms with van der Waals surface area (Å²) >= 11 is 0. The highest BCUT2D eigenvalue weighted by atomic mass is 35.5. The second kappa shape index (κ2) is 5.14. The van der Waals surface area contributed by atoms with E-state index in [0.29, 0.717) is 12.1 Å². The molecule has 1 aromatic heterocycles. The first-order chi connectivity index (χ1) is 8.65. The Morgan fingerprint density at radius 3 is 2.95 bits per heavy atom. The minimum Gasteiger partial charge on any atom is -0.337 e. The van der Waals surface area contributed by atoms with Crippen LogP contribution in [-0.4, -0.2) is 44.9 Å². The van der Waals surface area contributed by atoms with Crippen molar-refractivity contribution >= 4 is 29.3 Å². The normalized spacial score (nSPS) is 18.6. The molecule has 7 heteroatoms. The molecule has 0 bridgehead atoms. The molecular weight excluding hydrogens is 266 g/mol. The summed E-state index contributed by atoms with van der Waals surface area (Å²) in [7, 11) is 1.83. The van der Waals surface area contributed by atoms with Gasteiger partial charge in [-0.3, -0.25) is 4.79 Å². The zero-order chi connectivity index (χ0) is 12.7. The van der Waals surface area contributed by atoms with Gasteiger partial charge in [0, 0.05) is 31.7 Å². The zero-order valence-corrected chi connectivity index (χ0v) is 11.4. The second-order valence-electron chi connectivity index (χ2n) is 4.72. The van der Waals surface area contributed by atoms with Crippen molar-refractivity contribution < 1.29 is 4.79 Å². The average molecular weight is 282 g/mol. The first-order valence-electron chi connectivity index (χ1n) is 5.99. The van der Waals surface area contributed by atoms with E-state index in [-0.39, 0.29) is 24.4 Å². The summed E-state index contributed by atoms with van der Waals surface area (Å²) in [4.78, 5) is 14.1. The molecule has 0 radical (unpaired) electrons. The molecule has 0 spiro atoms. The van der Waals surface area contributed by atoms with Crippen molar-refractivity contribution in [2.24, 2.45) is 12.8 Å². The number of carbonyl (C=O) groups excluding carboxylic acids is 1. The number of amides is 1. The Labute approximate surface area is 117 Å². The van der Waals surface area contributed by atoms with E-state index in [0.717, 1.165) is 24.0 Å². The van der Waals surface area contributed by atoms with Crippen molar-refractivity contribution in [3.8, 4) is 0 Å². The lowest BCUT2D eigenvalue weighted by molar-refractivity contribution is 0.0791. The fourth-order valence-electron chi connectivity index (χ4n) is 2.33. The maximum atomic E-state index is 12.3. The SMILES string of the molecule is Cl.Cn1nnc2cc(C(=O)N3CC[C@@H](N)C3)ccc21. The number of fused-ring (bicyclic) bond motifs is 1. The molecule has 102 valence electrons. The van der Waals surface area contributed by atoms with E-state index < -0.39 is 0 Å². The highest BCUT2D eigenvalue weighted by molar-refractivity contribution is 5.97. The van der Waals surface area contributed by atoms with Gasteiger partial charge in [0.15, 0.2) is 0 Å². The Morgan fingerprint density at radius 1 is 1.47 bits per heavy atom. The molecule has 1 saturated heterocycles. The van der Waals surface area contributed by atoms with Gasteiger partial charge in [0.1, 0.15) is 5.52 Å². The predicted molar refractivity (Wildman–Crippen MR) is 74.3 cm³/mol. The Kier molecular flexibility index (Phi) is 3.73. The van der Waals surface area contributed by atoms with Crippen LogP contribution in [0.4, 0.5) is 0 Å². The molecule has 1 aliphatic heterocycles. The van der Waals surface area contributed by atoms with Crippen LogP contribution >= 0.6 is 12.4 Å². The van der Waals surface area contributed by atoms with E-state index in [9.17, 15) is 4.79 Å². The second-order valence-corrected chi connectivity index (χ2v) is 4.72. The Hall–Kier alpha value is -1.66. The lowest BCUT2D eigenvalue weighted by Crippen LogP contribution is -2.31. The molecule has 0 saturated carbocycles. The third-order valence-corrected chi connectivity index (χ3v) is 3.37. The van der Waals surface area contributed by atoms with E-state index in [4.69, 9.17) is 5.73 Å². The van der Waals surface area contributed by atoms with Gasteiger partial charge in [-0.25, -0.2) is 4.68 Å². The number of benzene rings is 1. The van der Waals surface area contributed by atoms with Gasteiger partial charge >= 0.3 is 0 Å². The maximum absolute atomic E-state index is 12.3. The Balaban J connectivity index is 0.00000133. The summed E-state index contributed by atoms with van der Waals surface area (Å²) in [5.41, 5.74) is 8.13. The molecular formula is C12H16ClN5O. The number of aromatic nitrogens is 3. The number of nitrogens with zero attached hydrogens (tertiary/aromatic N) is 4. The minimum atomic E-state index is 0. The van der Waals surface area contributed by atoms with Gasteiger partial charge in [0.05, 0.1) is 5.52 Å². The number of likely N-dealkylation sites (tertiary alicyclic amines) is 1. The van der Waals surface area contributed by atoms with Crippen LogP contribution in [0.1, 0.15) is 16.8 Å². The van der Waals surface area contributed by atoms with Gasteiger partial charge in [0.25, 0.3) is 5.91 Å². The predicted octanol–water partition coefficient (Wildman–Crippen LogP) is 0.563. The standard InChI is InChI=1S/C12H15N5O.ClH/c1-16-11-3-2-8(6-10(11)14-15-16)12(18)17-5-4-9(13)7-17;/h2-3,6,9H,4-5,7,13H2,1H3;1H/t9-;/m1./s1. The van der Waals surface area contributed by atoms with Crippen LogP contribution in [-0.2, 0) is 7.05 Å². The minimum absolute atomic E-state index is 0. The highest BCUT2D eigenvalue weighted by Crippen LogP contribution is 2.16. The average Bonchev–Trinajstić information content (AvgIpc) is 2.95. The molecule has 19 heavy (non-hydrogen) atoms. The fourth-order valence-corrected chi connectivity index (χ4v) is 2.33. The number of aryl methyl sites for hydroxylation is 1. The summed E-state index contributed by atoms with van der Waals surface area (Å²) < 4.78 is 1.69. The smallest absolute Gasteiger partial charge is 0.253 e. The van der Waals surface area contributed by atoms with Crippen LogP contribution in [0.3, 0.4) is 0 Å². The van der Waals surface area contributed by atoms with E-state index in [1.807, 2.05) is 19.2 Å². The molecule has 1 aromatic carbocycles. The lowest BCUT2D eigenvalue weighted by atomic mass is 10.2. The monoisotopic (exact) mass is 281 g/mol. The van der Waals surface area contributed by atoms with Gasteiger partial charge in [-0.1, -0.05) is 5.21 Å². The van der Waals surface area contributed by atoms with Crippen molar-refractivity contribution in [3.05, 3.63) is 23.8 Å². The van der Waals surface area contributed by atoms with E-state index in [1.54, 1.807) is 15.6 Å². The molecule has 1 aliphatic rings. The first-order valence-corrected chi connectivity index (χ1v) is 5.99. The summed E-state index contributed by atoms with van der Waals surface area (Å²) in [5.74, 6) is 0.0236. The fraction of sp³-hybridized carbons (Fsp3) is 0.417. The Morgan fingerprint density at radius 2 is 2.26 bits per heavy atom. The lowest BCUT2D eigenvalue weighted by Gasteiger charge is -2.15. The van der Waals surface area contributed by atoms with Crippen molar-refractivity contribution in [1.82, 2.24) is 19.9 Å². The number of nitrogens with two attached hydrogens (primary N) is 1. The number of carbonyl (C=O) groups is 1. The third-order valence-electron chi connectivity index (χ3n) is 3.37. The molecule has 3 rings (SSSR count). The van der Waals surface area contributed by atoms with Crippen molar-refractivity contribution in [3.63, 3.8) is 0 Å². The largest absolute Gasteiger partial charge is 0.337 e. The molecule has 2 heterocycles. The van der Waals surface area contributed by atoms with Gasteiger partial charge in [-0.2, -0.15) is 0 Å². The van der Waals surface area contributed by atoms with Crippen LogP contribution in [0, 0.1) is 0 Å². The van der Waals surface area contributed by atoms with E-state index in [2.05, 4.69) is 10.3 Å². The number of hydrogen-bond acceptors (Lipinski definition) is 4. The van der Waals surface area contributed by atoms with Crippen LogP contribution in [0.5, 0.6) is 0 Å². The topological polar surface area (TPSA) is 77.0 Å². The summed E-state index contributed by atoms with van der Waals surface area (Å²) in [6, 6.07) is 5.58. The summed E-state index contributed by atoms with van der Waals surface area (Å²) in [5, 5.41) is 7.95. The van der Waals surface area contributed by atoms with E-state index >= 15 is 0 Å². The molecule has 1 amide bonds. The zero-order valence-electron chi connectivity index (χ0n) is 10.6. The first kappa shape index (κ1) is 13.8. The summed E-state index contributed by atoms with van der Waals surface area (Å²) in [6.45, 7) is 1.37. The van der Waals surface area contributed by atoms with Crippen LogP contribution < -0.4 is 5.73 Å². The number of halogens is 1. The van der Waals surface area contributed by atoms with Crippen molar-refractivity contribution in [1.29, 1.82) is 0 Å². The maximum Gasteiger partial charge on any atom is 0.253 e. The van der Waals surface area contributed by atoms with Gasteiger partial charge in [0.2, 0.25) is 0 Å². The molecule has 0 aliphatic carbocycles. The molecule has 1 fully saturated rings.